The summed E-state index contributed by atoms with van der Waals surface area (Å²) in [5, 5.41) is 23.4. The van der Waals surface area contributed by atoms with Crippen LogP contribution in [-0.2, 0) is 4.79 Å². The second-order valence-electron chi connectivity index (χ2n) is 6.58. The third-order valence-corrected chi connectivity index (χ3v) is 4.82. The minimum Gasteiger partial charge on any atom is -0.353 e. The fraction of sp³-hybridized carbons (Fsp3) is 0.389. The molecule has 26 heavy (non-hydrogen) atoms. The van der Waals surface area contributed by atoms with Gasteiger partial charge in [0.25, 0.3) is 0 Å². The predicted octanol–water partition coefficient (Wildman–Crippen LogP) is 1.81. The van der Waals surface area contributed by atoms with Crippen molar-refractivity contribution in [3.05, 3.63) is 24.2 Å². The molecule has 1 saturated heterocycles. The molecule has 0 radical (unpaired) electrons. The molecule has 0 aliphatic carbocycles. The fourth-order valence-corrected chi connectivity index (χ4v) is 3.61. The highest BCUT2D eigenvalue weighted by molar-refractivity contribution is 6.10. The summed E-state index contributed by atoms with van der Waals surface area (Å²) in [5.74, 6) is 0.591. The van der Waals surface area contributed by atoms with E-state index >= 15 is 0 Å². The number of nitrogens with one attached hydrogen (secondary N) is 2. The summed E-state index contributed by atoms with van der Waals surface area (Å²) < 4.78 is 0. The minimum absolute atomic E-state index is 0.00584. The average molecular weight is 349 g/mol. The lowest BCUT2D eigenvalue weighted by Crippen LogP contribution is -2.48. The number of piperidine rings is 1. The van der Waals surface area contributed by atoms with E-state index in [2.05, 4.69) is 30.4 Å². The monoisotopic (exact) mass is 349 g/mol. The Balaban J connectivity index is 1.72. The van der Waals surface area contributed by atoms with E-state index in [9.17, 15) is 4.79 Å². The number of amides is 1. The van der Waals surface area contributed by atoms with Gasteiger partial charge in [0.05, 0.1) is 11.8 Å². The van der Waals surface area contributed by atoms with Gasteiger partial charge in [0.15, 0.2) is 5.82 Å². The van der Waals surface area contributed by atoms with Gasteiger partial charge in [0.1, 0.15) is 12.1 Å². The molecule has 1 aliphatic rings. The van der Waals surface area contributed by atoms with Crippen molar-refractivity contribution >= 4 is 33.5 Å². The molecule has 0 bridgehead atoms. The molecule has 4 rings (SSSR count). The summed E-state index contributed by atoms with van der Waals surface area (Å²) in [6, 6.07) is 3.90. The Hall–Kier alpha value is -3.21. The number of pyridine rings is 1. The molecule has 0 spiro atoms. The largest absolute Gasteiger partial charge is 0.353 e. The van der Waals surface area contributed by atoms with Crippen LogP contribution in [0.1, 0.15) is 25.0 Å². The normalized spacial score (nSPS) is 17.4. The number of anilines is 1. The highest BCUT2D eigenvalue weighted by Gasteiger charge is 2.25. The number of rotatable bonds is 3. The van der Waals surface area contributed by atoms with E-state index in [4.69, 9.17) is 5.26 Å². The Morgan fingerprint density at radius 3 is 3.19 bits per heavy atom. The van der Waals surface area contributed by atoms with E-state index in [-0.39, 0.29) is 18.4 Å². The second-order valence-corrected chi connectivity index (χ2v) is 6.58. The van der Waals surface area contributed by atoms with Gasteiger partial charge in [-0.3, -0.25) is 4.79 Å². The van der Waals surface area contributed by atoms with Crippen molar-refractivity contribution in [1.29, 1.82) is 5.26 Å². The molecule has 1 fully saturated rings. The van der Waals surface area contributed by atoms with Crippen molar-refractivity contribution in [3.8, 4) is 6.07 Å². The summed E-state index contributed by atoms with van der Waals surface area (Å²) in [6.45, 7) is 3.43. The van der Waals surface area contributed by atoms with E-state index in [1.54, 1.807) is 0 Å². The van der Waals surface area contributed by atoms with E-state index < -0.39 is 0 Å². The van der Waals surface area contributed by atoms with Gasteiger partial charge >= 0.3 is 0 Å². The van der Waals surface area contributed by atoms with Crippen LogP contribution in [0.25, 0.3) is 21.8 Å². The third kappa shape index (κ3) is 2.81. The van der Waals surface area contributed by atoms with Crippen LogP contribution in [-0.4, -0.2) is 45.2 Å². The highest BCUT2D eigenvalue weighted by Crippen LogP contribution is 2.32. The number of nitrogens with zero attached hydrogens (tertiary/aromatic N) is 5. The molecule has 8 heteroatoms. The number of hydrogen-bond acceptors (Lipinski definition) is 6. The fourth-order valence-electron chi connectivity index (χ4n) is 3.61. The highest BCUT2D eigenvalue weighted by atomic mass is 16.1. The first-order valence-corrected chi connectivity index (χ1v) is 8.67. The van der Waals surface area contributed by atoms with Gasteiger partial charge in [-0.25, -0.2) is 4.98 Å². The molecule has 1 atom stereocenters. The number of carbonyl (C=O) groups excluding carboxylic acids is 1. The van der Waals surface area contributed by atoms with Crippen molar-refractivity contribution in [3.63, 3.8) is 0 Å². The molecular formula is C18H19N7O. The SMILES string of the molecule is Cc1nnc(N2CCCC(NC(=O)CC#N)C2)c2c1cnc1[nH]ccc12. The summed E-state index contributed by atoms with van der Waals surface area (Å²) in [5.41, 5.74) is 1.66. The van der Waals surface area contributed by atoms with Crippen molar-refractivity contribution in [2.45, 2.75) is 32.2 Å². The number of aromatic nitrogens is 4. The smallest absolute Gasteiger partial charge is 0.234 e. The lowest BCUT2D eigenvalue weighted by Gasteiger charge is -2.34. The van der Waals surface area contributed by atoms with Crippen molar-refractivity contribution < 1.29 is 4.79 Å². The number of carbonyl (C=O) groups is 1. The van der Waals surface area contributed by atoms with Gasteiger partial charge in [0.2, 0.25) is 5.91 Å². The third-order valence-electron chi connectivity index (χ3n) is 4.82. The molecule has 3 aromatic rings. The number of aromatic amines is 1. The molecule has 1 aliphatic heterocycles. The van der Waals surface area contributed by atoms with E-state index in [0.29, 0.717) is 6.54 Å². The molecule has 2 N–H and O–H groups in total. The van der Waals surface area contributed by atoms with Crippen LogP contribution >= 0.6 is 0 Å². The van der Waals surface area contributed by atoms with Gasteiger partial charge in [-0.1, -0.05) is 0 Å². The Kier molecular flexibility index (Phi) is 4.13. The molecule has 1 amide bonds. The van der Waals surface area contributed by atoms with Crippen LogP contribution in [0.4, 0.5) is 5.82 Å². The first-order chi connectivity index (χ1) is 12.7. The van der Waals surface area contributed by atoms with Crippen LogP contribution in [0.3, 0.4) is 0 Å². The Morgan fingerprint density at radius 2 is 2.35 bits per heavy atom. The van der Waals surface area contributed by atoms with Crippen LogP contribution < -0.4 is 10.2 Å². The molecular weight excluding hydrogens is 330 g/mol. The van der Waals surface area contributed by atoms with E-state index in [1.807, 2.05) is 31.5 Å². The predicted molar refractivity (Wildman–Crippen MR) is 97.5 cm³/mol. The Labute approximate surface area is 150 Å². The molecule has 1 unspecified atom stereocenters. The van der Waals surface area contributed by atoms with Crippen LogP contribution in [0.15, 0.2) is 18.5 Å². The number of nitriles is 1. The van der Waals surface area contributed by atoms with Gasteiger partial charge in [-0.15, -0.1) is 5.10 Å². The molecule has 8 nitrogen and oxygen atoms in total. The lowest BCUT2D eigenvalue weighted by molar-refractivity contribution is -0.120. The molecule has 3 aromatic heterocycles. The standard InChI is InChI=1S/C18H19N7O/c1-11-14-9-21-17-13(5-7-20-17)16(14)18(24-23-11)25-8-2-3-12(10-25)22-15(26)4-6-19/h5,7,9,12H,2-4,8,10H2,1H3,(H,20,21)(H,22,26). The lowest BCUT2D eigenvalue weighted by atomic mass is 10.0. The van der Waals surface area contributed by atoms with Crippen LogP contribution in [0.2, 0.25) is 0 Å². The van der Waals surface area contributed by atoms with Gasteiger partial charge in [-0.2, -0.15) is 10.4 Å². The Morgan fingerprint density at radius 1 is 1.46 bits per heavy atom. The first kappa shape index (κ1) is 16.3. The maximum absolute atomic E-state index is 11.8. The van der Waals surface area contributed by atoms with Gasteiger partial charge in [0, 0.05) is 47.7 Å². The summed E-state index contributed by atoms with van der Waals surface area (Å²) in [4.78, 5) is 21.5. The molecule has 0 aromatic carbocycles. The molecule has 0 saturated carbocycles. The van der Waals surface area contributed by atoms with E-state index in [0.717, 1.165) is 52.7 Å². The number of hydrogen-bond donors (Lipinski definition) is 2. The van der Waals surface area contributed by atoms with E-state index in [1.165, 1.54) is 0 Å². The maximum Gasteiger partial charge on any atom is 0.234 e. The topological polar surface area (TPSA) is 111 Å². The first-order valence-electron chi connectivity index (χ1n) is 8.67. The van der Waals surface area contributed by atoms with Crippen molar-refractivity contribution in [2.24, 2.45) is 0 Å². The van der Waals surface area contributed by atoms with Crippen molar-refractivity contribution in [1.82, 2.24) is 25.5 Å². The summed E-state index contributed by atoms with van der Waals surface area (Å²) in [6.07, 6.45) is 5.43. The summed E-state index contributed by atoms with van der Waals surface area (Å²) in [7, 11) is 0. The Bertz CT molecular complexity index is 1020. The second kappa shape index (κ2) is 6.59. The zero-order valence-electron chi connectivity index (χ0n) is 14.5. The van der Waals surface area contributed by atoms with Gasteiger partial charge < -0.3 is 15.2 Å². The summed E-state index contributed by atoms with van der Waals surface area (Å²) >= 11 is 0. The quantitative estimate of drug-likeness (QED) is 0.746. The van der Waals surface area contributed by atoms with Crippen molar-refractivity contribution in [2.75, 3.05) is 18.0 Å². The molecule has 4 heterocycles. The number of aryl methyl sites for hydroxylation is 1. The van der Waals surface area contributed by atoms with Crippen LogP contribution in [0, 0.1) is 18.3 Å². The van der Waals surface area contributed by atoms with Gasteiger partial charge in [-0.05, 0) is 25.8 Å². The average Bonchev–Trinajstić information content (AvgIpc) is 3.11. The molecule has 132 valence electrons. The zero-order valence-corrected chi connectivity index (χ0v) is 14.5. The van der Waals surface area contributed by atoms with Crippen LogP contribution in [0.5, 0.6) is 0 Å². The maximum atomic E-state index is 11.8. The minimum atomic E-state index is -0.226. The number of fused-ring (bicyclic) bond motifs is 3. The zero-order chi connectivity index (χ0) is 18.1. The number of H-pyrrole nitrogens is 1.